The van der Waals surface area contributed by atoms with E-state index in [9.17, 15) is 13.2 Å². The van der Waals surface area contributed by atoms with Gasteiger partial charge in [0.05, 0.1) is 4.90 Å². The van der Waals surface area contributed by atoms with Gasteiger partial charge in [-0.05, 0) is 68.1 Å². The van der Waals surface area contributed by atoms with Crippen molar-refractivity contribution in [1.29, 1.82) is 0 Å². The molecule has 0 aliphatic carbocycles. The van der Waals surface area contributed by atoms with Gasteiger partial charge >= 0.3 is 0 Å². The van der Waals surface area contributed by atoms with E-state index in [1.165, 1.54) is 12.1 Å². The summed E-state index contributed by atoms with van der Waals surface area (Å²) in [6.07, 6.45) is 3.73. The number of nitrogens with one attached hydrogen (secondary N) is 1. The van der Waals surface area contributed by atoms with Crippen LogP contribution in [0, 0.1) is 0 Å². The number of hydrogen-bond acceptors (Lipinski definition) is 3. The lowest BCUT2D eigenvalue weighted by Crippen LogP contribution is -2.41. The third-order valence-corrected chi connectivity index (χ3v) is 7.09. The molecule has 5 nitrogen and oxygen atoms in total. The van der Waals surface area contributed by atoms with Crippen LogP contribution in [0.1, 0.15) is 49.0 Å². The third-order valence-electron chi connectivity index (χ3n) is 5.06. The zero-order valence-electron chi connectivity index (χ0n) is 15.8. The number of hydrogen-bond donors (Lipinski definition) is 1. The maximum Gasteiger partial charge on any atom is 0.255 e. The van der Waals surface area contributed by atoms with Crippen molar-refractivity contribution in [3.63, 3.8) is 0 Å². The first-order valence-electron chi connectivity index (χ1n) is 9.44. The molecule has 1 fully saturated rings. The van der Waals surface area contributed by atoms with Crippen LogP contribution in [-0.4, -0.2) is 31.2 Å². The van der Waals surface area contributed by atoms with Crippen LogP contribution in [0.15, 0.2) is 53.4 Å². The van der Waals surface area contributed by atoms with E-state index >= 15 is 0 Å². The van der Waals surface area contributed by atoms with E-state index in [-0.39, 0.29) is 16.8 Å². The number of piperidine rings is 1. The van der Waals surface area contributed by atoms with E-state index < -0.39 is 10.0 Å². The maximum absolute atomic E-state index is 12.9. The molecule has 1 aliphatic heterocycles. The highest BCUT2D eigenvalue weighted by Gasteiger charge is 2.30. The predicted molar refractivity (Wildman–Crippen MR) is 107 cm³/mol. The van der Waals surface area contributed by atoms with Gasteiger partial charge in [-0.15, -0.1) is 0 Å². The van der Waals surface area contributed by atoms with Gasteiger partial charge in [0.25, 0.3) is 5.91 Å². The minimum absolute atomic E-state index is 0.0116. The van der Waals surface area contributed by atoms with Crippen molar-refractivity contribution in [2.24, 2.45) is 0 Å². The average Bonchev–Trinajstić information content (AvgIpc) is 2.68. The Balaban J connectivity index is 1.75. The Labute approximate surface area is 161 Å². The Morgan fingerprint density at radius 1 is 1.15 bits per heavy atom. The van der Waals surface area contributed by atoms with Crippen molar-refractivity contribution >= 4 is 21.6 Å². The molecule has 0 radical (unpaired) electrons. The molecule has 0 spiro atoms. The number of sulfonamides is 1. The summed E-state index contributed by atoms with van der Waals surface area (Å²) >= 11 is 0. The summed E-state index contributed by atoms with van der Waals surface area (Å²) in [5, 5.41) is 2.86. The number of nitrogens with zero attached hydrogens (tertiary/aromatic N) is 1. The molecule has 1 amide bonds. The standard InChI is InChI=1S/C21H26N2O3S/c1-3-17-8-6-9-19(15-17)22-21(24)18-10-12-20(13-11-18)27(25,26)23-14-5-4-7-16(23)2/h6,8-13,15-16H,3-5,7,14H2,1-2H3,(H,22,24). The topological polar surface area (TPSA) is 66.5 Å². The maximum atomic E-state index is 12.9. The molecule has 0 saturated carbocycles. The summed E-state index contributed by atoms with van der Waals surface area (Å²) in [5.74, 6) is -0.251. The van der Waals surface area contributed by atoms with Crippen molar-refractivity contribution in [3.05, 3.63) is 59.7 Å². The predicted octanol–water partition coefficient (Wildman–Crippen LogP) is 4.06. The molecule has 1 aliphatic rings. The number of carbonyl (C=O) groups is 1. The van der Waals surface area contributed by atoms with Crippen LogP contribution in [0.2, 0.25) is 0 Å². The first-order chi connectivity index (χ1) is 12.9. The summed E-state index contributed by atoms with van der Waals surface area (Å²) in [6, 6.07) is 13.9. The zero-order chi connectivity index (χ0) is 19.4. The summed E-state index contributed by atoms with van der Waals surface area (Å²) in [7, 11) is -3.52. The lowest BCUT2D eigenvalue weighted by Gasteiger charge is -2.32. The number of benzene rings is 2. The summed E-state index contributed by atoms with van der Waals surface area (Å²) in [5.41, 5.74) is 2.31. The molecule has 0 bridgehead atoms. The third kappa shape index (κ3) is 4.39. The molecule has 1 unspecified atom stereocenters. The Kier molecular flexibility index (Phi) is 5.97. The molecule has 27 heavy (non-hydrogen) atoms. The van der Waals surface area contributed by atoms with Crippen LogP contribution in [-0.2, 0) is 16.4 Å². The van der Waals surface area contributed by atoms with Gasteiger partial charge in [-0.2, -0.15) is 4.31 Å². The van der Waals surface area contributed by atoms with Gasteiger partial charge < -0.3 is 5.32 Å². The molecule has 1 atom stereocenters. The molecular formula is C21H26N2O3S. The number of amides is 1. The number of anilines is 1. The van der Waals surface area contributed by atoms with Crippen LogP contribution >= 0.6 is 0 Å². The molecular weight excluding hydrogens is 360 g/mol. The largest absolute Gasteiger partial charge is 0.322 e. The first-order valence-corrected chi connectivity index (χ1v) is 10.9. The highest BCUT2D eigenvalue weighted by Crippen LogP contribution is 2.25. The van der Waals surface area contributed by atoms with Crippen molar-refractivity contribution in [1.82, 2.24) is 4.31 Å². The van der Waals surface area contributed by atoms with Crippen molar-refractivity contribution in [2.75, 3.05) is 11.9 Å². The monoisotopic (exact) mass is 386 g/mol. The van der Waals surface area contributed by atoms with E-state index in [2.05, 4.69) is 12.2 Å². The Hall–Kier alpha value is -2.18. The fourth-order valence-electron chi connectivity index (χ4n) is 3.41. The SMILES string of the molecule is CCc1cccc(NC(=O)c2ccc(S(=O)(=O)N3CCCCC3C)cc2)c1. The zero-order valence-corrected chi connectivity index (χ0v) is 16.6. The minimum Gasteiger partial charge on any atom is -0.322 e. The number of carbonyl (C=O) groups excluding carboxylic acids is 1. The minimum atomic E-state index is -3.52. The van der Waals surface area contributed by atoms with Crippen LogP contribution in [0.4, 0.5) is 5.69 Å². The van der Waals surface area contributed by atoms with Crippen molar-refractivity contribution < 1.29 is 13.2 Å². The molecule has 0 aromatic heterocycles. The molecule has 3 rings (SSSR count). The normalized spacial score (nSPS) is 18.2. The Bertz CT molecular complexity index is 907. The molecule has 6 heteroatoms. The van der Waals surface area contributed by atoms with Crippen molar-refractivity contribution in [3.8, 4) is 0 Å². The van der Waals surface area contributed by atoms with Gasteiger partial charge in [0.1, 0.15) is 0 Å². The molecule has 1 saturated heterocycles. The van der Waals surface area contributed by atoms with Gasteiger partial charge in [0, 0.05) is 23.8 Å². The van der Waals surface area contributed by atoms with Gasteiger partial charge in [0.2, 0.25) is 10.0 Å². The average molecular weight is 387 g/mol. The summed E-state index contributed by atoms with van der Waals surface area (Å²) in [4.78, 5) is 12.7. The summed E-state index contributed by atoms with van der Waals surface area (Å²) in [6.45, 7) is 4.56. The van der Waals surface area contributed by atoms with Gasteiger partial charge in [0.15, 0.2) is 0 Å². The van der Waals surface area contributed by atoms with E-state index in [1.54, 1.807) is 16.4 Å². The smallest absolute Gasteiger partial charge is 0.255 e. The molecule has 2 aromatic carbocycles. The molecule has 144 valence electrons. The molecule has 1 heterocycles. The second-order valence-electron chi connectivity index (χ2n) is 6.99. The molecule has 1 N–H and O–H groups in total. The van der Waals surface area contributed by atoms with Gasteiger partial charge in [-0.3, -0.25) is 4.79 Å². The molecule has 2 aromatic rings. The summed E-state index contributed by atoms with van der Waals surface area (Å²) < 4.78 is 27.3. The lowest BCUT2D eigenvalue weighted by molar-refractivity contribution is 0.102. The second kappa shape index (κ2) is 8.23. The quantitative estimate of drug-likeness (QED) is 0.842. The number of rotatable bonds is 5. The lowest BCUT2D eigenvalue weighted by atomic mass is 10.1. The Morgan fingerprint density at radius 2 is 1.89 bits per heavy atom. The fraction of sp³-hybridized carbons (Fsp3) is 0.381. The van der Waals surface area contributed by atoms with E-state index in [0.29, 0.717) is 12.1 Å². The van der Waals surface area contributed by atoms with Crippen LogP contribution in [0.3, 0.4) is 0 Å². The van der Waals surface area contributed by atoms with Crippen LogP contribution < -0.4 is 5.32 Å². The highest BCUT2D eigenvalue weighted by atomic mass is 32.2. The van der Waals surface area contributed by atoms with Gasteiger partial charge in [-0.25, -0.2) is 8.42 Å². The van der Waals surface area contributed by atoms with Crippen molar-refractivity contribution in [2.45, 2.75) is 50.5 Å². The van der Waals surface area contributed by atoms with E-state index in [4.69, 9.17) is 0 Å². The van der Waals surface area contributed by atoms with Crippen LogP contribution in [0.25, 0.3) is 0 Å². The van der Waals surface area contributed by atoms with E-state index in [1.807, 2.05) is 31.2 Å². The van der Waals surface area contributed by atoms with Gasteiger partial charge in [-0.1, -0.05) is 25.5 Å². The number of aryl methyl sites for hydroxylation is 1. The van der Waals surface area contributed by atoms with Crippen LogP contribution in [0.5, 0.6) is 0 Å². The fourth-order valence-corrected chi connectivity index (χ4v) is 5.11. The Morgan fingerprint density at radius 3 is 2.56 bits per heavy atom. The first kappa shape index (κ1) is 19.6. The van der Waals surface area contributed by atoms with E-state index in [0.717, 1.165) is 36.9 Å². The highest BCUT2D eigenvalue weighted by molar-refractivity contribution is 7.89. The second-order valence-corrected chi connectivity index (χ2v) is 8.88.